The average molecular weight is 349 g/mol. The number of hydrogen-bond acceptors (Lipinski definition) is 4. The molecule has 0 bridgehead atoms. The molecule has 0 aliphatic carbocycles. The Balaban J connectivity index is 2.78. The first-order valence-corrected chi connectivity index (χ1v) is 7.29. The molecule has 0 heterocycles. The van der Waals surface area contributed by atoms with Crippen molar-refractivity contribution >= 4 is 40.7 Å². The largest absolute Gasteiger partial charge is 0.383 e. The number of nitrogens with zero attached hydrogens (tertiary/aromatic N) is 1. The molecule has 0 spiro atoms. The number of ether oxygens (including phenoxy) is 2. The van der Waals surface area contributed by atoms with Crippen LogP contribution in [0.2, 0.25) is 10.0 Å². The number of rotatable bonds is 7. The van der Waals surface area contributed by atoms with Crippen LogP contribution in [-0.2, 0) is 19.1 Å². The number of halogens is 2. The molecule has 6 nitrogen and oxygen atoms in total. The Morgan fingerprint density at radius 3 is 2.05 bits per heavy atom. The first-order chi connectivity index (χ1) is 10.5. The number of nitrogens with one attached hydrogen (secondary N) is 1. The molecule has 0 aliphatic rings. The molecular formula is C14H18Cl2N2O4. The first kappa shape index (κ1) is 18.7. The second-order valence-electron chi connectivity index (χ2n) is 4.33. The molecule has 1 aromatic carbocycles. The fraction of sp³-hybridized carbons (Fsp3) is 0.429. The standard InChI is InChI=1S/C14H18Cl2N2O4/c1-21-8-6-18(7-9-22-2)14(20)13(19)17-12-10(15)4-3-5-11(12)16/h3-5H,6-9H2,1-2H3,(H,17,19). The fourth-order valence-corrected chi connectivity index (χ4v) is 2.14. The summed E-state index contributed by atoms with van der Waals surface area (Å²) in [6.45, 7) is 1.19. The minimum absolute atomic E-state index is 0.211. The maximum Gasteiger partial charge on any atom is 0.313 e. The lowest BCUT2D eigenvalue weighted by atomic mass is 10.3. The maximum atomic E-state index is 12.2. The van der Waals surface area contributed by atoms with Crippen molar-refractivity contribution in [2.24, 2.45) is 0 Å². The van der Waals surface area contributed by atoms with Crippen molar-refractivity contribution in [3.8, 4) is 0 Å². The van der Waals surface area contributed by atoms with Gasteiger partial charge in [-0.05, 0) is 12.1 Å². The molecule has 122 valence electrons. The number of amides is 2. The summed E-state index contributed by atoms with van der Waals surface area (Å²) >= 11 is 11.9. The van der Waals surface area contributed by atoms with Gasteiger partial charge in [0.05, 0.1) is 28.9 Å². The molecule has 0 aromatic heterocycles. The van der Waals surface area contributed by atoms with Gasteiger partial charge in [-0.15, -0.1) is 0 Å². The van der Waals surface area contributed by atoms with E-state index in [4.69, 9.17) is 32.7 Å². The summed E-state index contributed by atoms with van der Waals surface area (Å²) < 4.78 is 9.86. The van der Waals surface area contributed by atoms with Crippen molar-refractivity contribution in [1.29, 1.82) is 0 Å². The molecule has 1 N–H and O–H groups in total. The summed E-state index contributed by atoms with van der Waals surface area (Å²) in [5, 5.41) is 2.95. The van der Waals surface area contributed by atoms with Crippen LogP contribution < -0.4 is 5.32 Å². The quantitative estimate of drug-likeness (QED) is 0.765. The number of carbonyl (C=O) groups is 2. The van der Waals surface area contributed by atoms with Crippen LogP contribution in [0.3, 0.4) is 0 Å². The highest BCUT2D eigenvalue weighted by molar-refractivity contribution is 6.44. The van der Waals surface area contributed by atoms with E-state index in [0.29, 0.717) is 13.2 Å². The summed E-state index contributed by atoms with van der Waals surface area (Å²) in [6, 6.07) is 4.79. The third-order valence-corrected chi connectivity index (χ3v) is 3.44. The van der Waals surface area contributed by atoms with Crippen LogP contribution in [0.25, 0.3) is 0 Å². The zero-order valence-electron chi connectivity index (χ0n) is 12.4. The third kappa shape index (κ3) is 5.46. The van der Waals surface area contributed by atoms with E-state index >= 15 is 0 Å². The summed E-state index contributed by atoms with van der Waals surface area (Å²) in [5.41, 5.74) is 0.211. The Morgan fingerprint density at radius 1 is 1.09 bits per heavy atom. The zero-order chi connectivity index (χ0) is 16.5. The summed E-state index contributed by atoms with van der Waals surface area (Å²) in [4.78, 5) is 25.6. The highest BCUT2D eigenvalue weighted by Gasteiger charge is 2.23. The number of methoxy groups -OCH3 is 2. The van der Waals surface area contributed by atoms with Gasteiger partial charge < -0.3 is 19.7 Å². The lowest BCUT2D eigenvalue weighted by Gasteiger charge is -2.21. The van der Waals surface area contributed by atoms with Crippen LogP contribution in [0.4, 0.5) is 5.69 Å². The molecule has 8 heteroatoms. The fourth-order valence-electron chi connectivity index (χ4n) is 1.65. The molecule has 0 atom stereocenters. The van der Waals surface area contributed by atoms with Crippen LogP contribution in [0.1, 0.15) is 0 Å². The van der Waals surface area contributed by atoms with Crippen LogP contribution in [0.5, 0.6) is 0 Å². The third-order valence-electron chi connectivity index (χ3n) is 2.81. The molecular weight excluding hydrogens is 331 g/mol. The van der Waals surface area contributed by atoms with Crippen molar-refractivity contribution in [2.45, 2.75) is 0 Å². The Morgan fingerprint density at radius 2 is 1.59 bits per heavy atom. The van der Waals surface area contributed by atoms with E-state index in [2.05, 4.69) is 5.32 Å². The molecule has 2 amide bonds. The second kappa shape index (κ2) is 9.63. The number of para-hydroxylation sites is 1. The van der Waals surface area contributed by atoms with Crippen LogP contribution >= 0.6 is 23.2 Å². The van der Waals surface area contributed by atoms with E-state index < -0.39 is 11.8 Å². The van der Waals surface area contributed by atoms with E-state index in [1.807, 2.05) is 0 Å². The van der Waals surface area contributed by atoms with Crippen molar-refractivity contribution in [3.63, 3.8) is 0 Å². The normalized spacial score (nSPS) is 10.4. The molecule has 0 saturated carbocycles. The number of hydrogen-bond donors (Lipinski definition) is 1. The van der Waals surface area contributed by atoms with Crippen LogP contribution in [-0.4, -0.2) is 57.2 Å². The van der Waals surface area contributed by atoms with Gasteiger partial charge in [-0.3, -0.25) is 9.59 Å². The summed E-state index contributed by atoms with van der Waals surface area (Å²) in [6.07, 6.45) is 0. The van der Waals surface area contributed by atoms with Crippen molar-refractivity contribution in [2.75, 3.05) is 45.8 Å². The van der Waals surface area contributed by atoms with Crippen molar-refractivity contribution < 1.29 is 19.1 Å². The molecule has 22 heavy (non-hydrogen) atoms. The van der Waals surface area contributed by atoms with Gasteiger partial charge in [-0.2, -0.15) is 0 Å². The van der Waals surface area contributed by atoms with Gasteiger partial charge >= 0.3 is 11.8 Å². The van der Waals surface area contributed by atoms with Crippen LogP contribution in [0.15, 0.2) is 18.2 Å². The minimum atomic E-state index is -0.817. The number of benzene rings is 1. The van der Waals surface area contributed by atoms with Gasteiger partial charge in [0.1, 0.15) is 0 Å². The lowest BCUT2D eigenvalue weighted by molar-refractivity contribution is -0.144. The van der Waals surface area contributed by atoms with Crippen molar-refractivity contribution in [3.05, 3.63) is 28.2 Å². The van der Waals surface area contributed by atoms with E-state index in [1.54, 1.807) is 18.2 Å². The summed E-state index contributed by atoms with van der Waals surface area (Å²) in [5.74, 6) is -1.52. The lowest BCUT2D eigenvalue weighted by Crippen LogP contribution is -2.43. The first-order valence-electron chi connectivity index (χ1n) is 6.53. The Hall–Kier alpha value is -1.34. The molecule has 1 aromatic rings. The molecule has 0 radical (unpaired) electrons. The highest BCUT2D eigenvalue weighted by atomic mass is 35.5. The van der Waals surface area contributed by atoms with E-state index in [-0.39, 0.29) is 28.8 Å². The number of anilines is 1. The monoisotopic (exact) mass is 348 g/mol. The Labute approximate surface area is 139 Å². The van der Waals surface area contributed by atoms with E-state index in [9.17, 15) is 9.59 Å². The Bertz CT molecular complexity index is 497. The number of carbonyl (C=O) groups excluding carboxylic acids is 2. The van der Waals surface area contributed by atoms with Crippen molar-refractivity contribution in [1.82, 2.24) is 4.90 Å². The molecule has 0 fully saturated rings. The van der Waals surface area contributed by atoms with Gasteiger partial charge in [-0.25, -0.2) is 0 Å². The topological polar surface area (TPSA) is 67.9 Å². The second-order valence-corrected chi connectivity index (χ2v) is 5.14. The van der Waals surface area contributed by atoms with Gasteiger partial charge in [0.15, 0.2) is 0 Å². The average Bonchev–Trinajstić information content (AvgIpc) is 2.50. The minimum Gasteiger partial charge on any atom is -0.383 e. The molecule has 0 aliphatic heterocycles. The van der Waals surface area contributed by atoms with Gasteiger partial charge in [0, 0.05) is 27.3 Å². The van der Waals surface area contributed by atoms with Crippen LogP contribution in [0, 0.1) is 0 Å². The summed E-state index contributed by atoms with van der Waals surface area (Å²) in [7, 11) is 3.03. The molecule has 0 unspecified atom stereocenters. The highest BCUT2D eigenvalue weighted by Crippen LogP contribution is 2.29. The molecule has 1 rings (SSSR count). The Kier molecular flexibility index (Phi) is 8.19. The zero-order valence-corrected chi connectivity index (χ0v) is 13.9. The maximum absolute atomic E-state index is 12.2. The predicted molar refractivity (Wildman–Crippen MR) is 85.4 cm³/mol. The van der Waals surface area contributed by atoms with E-state index in [1.165, 1.54) is 19.1 Å². The smallest absolute Gasteiger partial charge is 0.313 e. The molecule has 0 saturated heterocycles. The van der Waals surface area contributed by atoms with Gasteiger partial charge in [-0.1, -0.05) is 29.3 Å². The van der Waals surface area contributed by atoms with E-state index in [0.717, 1.165) is 0 Å². The predicted octanol–water partition coefficient (Wildman–Crippen LogP) is 2.05. The SMILES string of the molecule is COCCN(CCOC)C(=O)C(=O)Nc1c(Cl)cccc1Cl. The van der Waals surface area contributed by atoms with Gasteiger partial charge in [0.2, 0.25) is 0 Å². The van der Waals surface area contributed by atoms with Gasteiger partial charge in [0.25, 0.3) is 0 Å².